The van der Waals surface area contributed by atoms with E-state index in [0.717, 1.165) is 31.7 Å². The van der Waals surface area contributed by atoms with Crippen LogP contribution in [0.1, 0.15) is 12.0 Å². The lowest BCUT2D eigenvalue weighted by Crippen LogP contribution is -2.27. The second-order valence-corrected chi connectivity index (χ2v) is 4.64. The maximum atomic E-state index is 4.14. The third-order valence-corrected chi connectivity index (χ3v) is 3.31. The van der Waals surface area contributed by atoms with E-state index < -0.39 is 0 Å². The van der Waals surface area contributed by atoms with Crippen molar-refractivity contribution < 1.29 is 0 Å². The molecule has 0 bridgehead atoms. The van der Waals surface area contributed by atoms with Gasteiger partial charge in [-0.15, -0.1) is 0 Å². The highest BCUT2D eigenvalue weighted by molar-refractivity contribution is 5.45. The number of rotatable bonds is 2. The van der Waals surface area contributed by atoms with E-state index >= 15 is 0 Å². The van der Waals surface area contributed by atoms with Crippen LogP contribution in [0.3, 0.4) is 0 Å². The molecule has 0 aromatic carbocycles. The number of fused-ring (bicyclic) bond motifs is 1. The highest BCUT2D eigenvalue weighted by atomic mass is 15.1. The molecule has 3 heterocycles. The van der Waals surface area contributed by atoms with Gasteiger partial charge in [-0.2, -0.15) is 0 Å². The third-order valence-electron chi connectivity index (χ3n) is 3.31. The van der Waals surface area contributed by atoms with E-state index in [-0.39, 0.29) is 0 Å². The number of aromatic nitrogens is 2. The lowest BCUT2D eigenvalue weighted by atomic mass is 10.2. The highest BCUT2D eigenvalue weighted by Gasteiger charge is 2.09. The van der Waals surface area contributed by atoms with E-state index in [4.69, 9.17) is 0 Å². The Labute approximate surface area is 101 Å². The van der Waals surface area contributed by atoms with Crippen LogP contribution in [0.15, 0.2) is 30.9 Å². The van der Waals surface area contributed by atoms with Crippen LogP contribution < -0.4 is 5.32 Å². The second kappa shape index (κ2) is 4.85. The van der Waals surface area contributed by atoms with Gasteiger partial charge in [0, 0.05) is 25.8 Å². The van der Waals surface area contributed by atoms with Crippen LogP contribution in [-0.2, 0) is 6.54 Å². The Morgan fingerprint density at radius 1 is 1.24 bits per heavy atom. The summed E-state index contributed by atoms with van der Waals surface area (Å²) in [5, 5.41) is 3.43. The van der Waals surface area contributed by atoms with E-state index in [0.29, 0.717) is 0 Å². The smallest absolute Gasteiger partial charge is 0.0992 e. The van der Waals surface area contributed by atoms with E-state index in [1.807, 2.05) is 12.5 Å². The Morgan fingerprint density at radius 2 is 2.24 bits per heavy atom. The molecule has 0 spiro atoms. The summed E-state index contributed by atoms with van der Waals surface area (Å²) in [7, 11) is 0. The van der Waals surface area contributed by atoms with Crippen LogP contribution in [0.25, 0.3) is 5.52 Å². The fourth-order valence-corrected chi connectivity index (χ4v) is 2.38. The number of imidazole rings is 1. The van der Waals surface area contributed by atoms with Gasteiger partial charge in [0.15, 0.2) is 0 Å². The van der Waals surface area contributed by atoms with Crippen molar-refractivity contribution in [1.82, 2.24) is 19.6 Å². The van der Waals surface area contributed by atoms with E-state index in [2.05, 4.69) is 37.9 Å². The quantitative estimate of drug-likeness (QED) is 0.839. The SMILES string of the molecule is c1cc2cncn2cc1CN1CCCNCC1. The number of hydrogen-bond acceptors (Lipinski definition) is 3. The van der Waals surface area contributed by atoms with Gasteiger partial charge in [0.05, 0.1) is 18.0 Å². The molecule has 4 heteroatoms. The van der Waals surface area contributed by atoms with Crippen molar-refractivity contribution in [2.45, 2.75) is 13.0 Å². The lowest BCUT2D eigenvalue weighted by Gasteiger charge is -2.19. The molecule has 0 amide bonds. The Bertz CT molecular complexity index is 483. The molecule has 0 unspecified atom stereocenters. The first-order chi connectivity index (χ1) is 8.42. The van der Waals surface area contributed by atoms with Gasteiger partial charge in [0.25, 0.3) is 0 Å². The summed E-state index contributed by atoms with van der Waals surface area (Å²) in [6, 6.07) is 4.34. The first-order valence-electron chi connectivity index (χ1n) is 6.25. The molecule has 17 heavy (non-hydrogen) atoms. The zero-order chi connectivity index (χ0) is 11.5. The highest BCUT2D eigenvalue weighted by Crippen LogP contribution is 2.09. The Balaban J connectivity index is 1.74. The van der Waals surface area contributed by atoms with Gasteiger partial charge in [0.2, 0.25) is 0 Å². The number of nitrogens with one attached hydrogen (secondary N) is 1. The van der Waals surface area contributed by atoms with Crippen LogP contribution in [0.5, 0.6) is 0 Å². The lowest BCUT2D eigenvalue weighted by molar-refractivity contribution is 0.284. The molecule has 1 fully saturated rings. The van der Waals surface area contributed by atoms with Crippen LogP contribution >= 0.6 is 0 Å². The summed E-state index contributed by atoms with van der Waals surface area (Å²) < 4.78 is 2.09. The first-order valence-corrected chi connectivity index (χ1v) is 6.25. The molecule has 90 valence electrons. The minimum absolute atomic E-state index is 1.04. The molecule has 0 saturated carbocycles. The first kappa shape index (κ1) is 10.7. The Morgan fingerprint density at radius 3 is 3.24 bits per heavy atom. The summed E-state index contributed by atoms with van der Waals surface area (Å²) in [4.78, 5) is 6.66. The molecule has 3 rings (SSSR count). The number of nitrogens with zero attached hydrogens (tertiary/aromatic N) is 3. The minimum atomic E-state index is 1.04. The zero-order valence-corrected chi connectivity index (χ0v) is 9.97. The van der Waals surface area contributed by atoms with Crippen molar-refractivity contribution in [2.75, 3.05) is 26.2 Å². The molecule has 0 aliphatic carbocycles. The topological polar surface area (TPSA) is 32.6 Å². The van der Waals surface area contributed by atoms with Gasteiger partial charge in [0.1, 0.15) is 0 Å². The summed E-state index contributed by atoms with van der Waals surface area (Å²) in [5.41, 5.74) is 2.52. The predicted molar refractivity (Wildman–Crippen MR) is 68.0 cm³/mol. The van der Waals surface area contributed by atoms with Gasteiger partial charge in [-0.1, -0.05) is 6.07 Å². The van der Waals surface area contributed by atoms with Gasteiger partial charge < -0.3 is 9.72 Å². The monoisotopic (exact) mass is 230 g/mol. The van der Waals surface area contributed by atoms with E-state index in [1.54, 1.807) is 0 Å². The van der Waals surface area contributed by atoms with E-state index in [1.165, 1.54) is 18.5 Å². The van der Waals surface area contributed by atoms with Crippen molar-refractivity contribution in [3.63, 3.8) is 0 Å². The predicted octanol–water partition coefficient (Wildman–Crippen LogP) is 1.13. The maximum Gasteiger partial charge on any atom is 0.0992 e. The molecule has 2 aromatic rings. The molecular weight excluding hydrogens is 212 g/mol. The molecule has 1 saturated heterocycles. The van der Waals surface area contributed by atoms with Crippen LogP contribution in [0.2, 0.25) is 0 Å². The molecule has 1 aliphatic rings. The van der Waals surface area contributed by atoms with Crippen LogP contribution in [0.4, 0.5) is 0 Å². The average molecular weight is 230 g/mol. The van der Waals surface area contributed by atoms with E-state index in [9.17, 15) is 0 Å². The average Bonchev–Trinajstić information content (AvgIpc) is 2.65. The second-order valence-electron chi connectivity index (χ2n) is 4.64. The van der Waals surface area contributed by atoms with Crippen molar-refractivity contribution in [3.05, 3.63) is 36.4 Å². The molecule has 2 aromatic heterocycles. The Hall–Kier alpha value is -1.39. The molecule has 4 nitrogen and oxygen atoms in total. The summed E-state index contributed by atoms with van der Waals surface area (Å²) in [5.74, 6) is 0. The van der Waals surface area contributed by atoms with Crippen LogP contribution in [-0.4, -0.2) is 40.5 Å². The van der Waals surface area contributed by atoms with Gasteiger partial charge >= 0.3 is 0 Å². The van der Waals surface area contributed by atoms with Gasteiger partial charge in [-0.3, -0.25) is 4.90 Å². The van der Waals surface area contributed by atoms with Crippen LogP contribution in [0, 0.1) is 0 Å². The normalized spacial score (nSPS) is 18.4. The summed E-state index contributed by atoms with van der Waals surface area (Å²) in [6.07, 6.45) is 7.18. The standard InChI is InChI=1S/C13H18N4/c1-4-14-5-7-16(6-1)9-12-2-3-13-8-15-11-17(13)10-12/h2-3,8,10-11,14H,1,4-7,9H2. The maximum absolute atomic E-state index is 4.14. The summed E-state index contributed by atoms with van der Waals surface area (Å²) in [6.45, 7) is 5.62. The fourth-order valence-electron chi connectivity index (χ4n) is 2.38. The third kappa shape index (κ3) is 2.48. The molecule has 0 radical (unpaired) electrons. The molecule has 1 N–H and O–H groups in total. The number of hydrogen-bond donors (Lipinski definition) is 1. The van der Waals surface area contributed by atoms with Crippen molar-refractivity contribution in [2.24, 2.45) is 0 Å². The zero-order valence-electron chi connectivity index (χ0n) is 9.97. The van der Waals surface area contributed by atoms with Crippen molar-refractivity contribution in [1.29, 1.82) is 0 Å². The Kier molecular flexibility index (Phi) is 3.07. The molecular formula is C13H18N4. The molecule has 0 atom stereocenters. The number of pyridine rings is 1. The van der Waals surface area contributed by atoms with Crippen molar-refractivity contribution >= 4 is 5.52 Å². The largest absolute Gasteiger partial charge is 0.315 e. The van der Waals surface area contributed by atoms with Gasteiger partial charge in [-0.05, 0) is 31.1 Å². The van der Waals surface area contributed by atoms with Gasteiger partial charge in [-0.25, -0.2) is 4.98 Å². The molecule has 1 aliphatic heterocycles. The fraction of sp³-hybridized carbons (Fsp3) is 0.462. The summed E-state index contributed by atoms with van der Waals surface area (Å²) >= 11 is 0. The minimum Gasteiger partial charge on any atom is -0.315 e. The van der Waals surface area contributed by atoms with Crippen molar-refractivity contribution in [3.8, 4) is 0 Å².